The number of carbonyl (C=O) groups is 5. The predicted molar refractivity (Wildman–Crippen MR) is 154 cm³/mol. The Balaban J connectivity index is 1.35. The second kappa shape index (κ2) is 12.8. The third kappa shape index (κ3) is 5.66. The van der Waals surface area contributed by atoms with Crippen LogP contribution < -0.4 is 10.6 Å². The lowest BCUT2D eigenvalue weighted by atomic mass is 9.97. The first kappa shape index (κ1) is 28.7. The lowest BCUT2D eigenvalue weighted by molar-refractivity contribution is -0.165. The van der Waals surface area contributed by atoms with Crippen molar-refractivity contribution in [1.82, 2.24) is 15.2 Å². The summed E-state index contributed by atoms with van der Waals surface area (Å²) < 4.78 is 5.96. The zero-order valence-electron chi connectivity index (χ0n) is 21.9. The minimum atomic E-state index is -1.30. The van der Waals surface area contributed by atoms with E-state index in [9.17, 15) is 24.0 Å². The molecule has 14 heteroatoms. The van der Waals surface area contributed by atoms with Gasteiger partial charge in [0.25, 0.3) is 5.91 Å². The van der Waals surface area contributed by atoms with Crippen LogP contribution in [0.15, 0.2) is 82.2 Å². The number of anilines is 1. The van der Waals surface area contributed by atoms with Gasteiger partial charge in [0, 0.05) is 11.0 Å². The second-order valence-corrected chi connectivity index (χ2v) is 10.8. The lowest BCUT2D eigenvalue weighted by Crippen LogP contribution is -2.74. The van der Waals surface area contributed by atoms with Gasteiger partial charge >= 0.3 is 5.97 Å². The van der Waals surface area contributed by atoms with Crippen LogP contribution >= 0.6 is 23.1 Å². The molecule has 0 saturated carbocycles. The van der Waals surface area contributed by atoms with Gasteiger partial charge in [0.2, 0.25) is 12.3 Å². The van der Waals surface area contributed by atoms with E-state index in [1.54, 1.807) is 0 Å². The van der Waals surface area contributed by atoms with Gasteiger partial charge in [0.15, 0.2) is 23.0 Å². The van der Waals surface area contributed by atoms with Crippen LogP contribution in [-0.2, 0) is 33.5 Å². The van der Waals surface area contributed by atoms with E-state index in [4.69, 9.17) is 9.57 Å². The number of ether oxygens (including phenoxy) is 1. The molecule has 3 aromatic rings. The fraction of sp³-hybridized carbons (Fsp3) is 0.179. The first-order valence-electron chi connectivity index (χ1n) is 12.5. The number of fused-ring (bicyclic) bond motifs is 1. The molecule has 42 heavy (non-hydrogen) atoms. The molecule has 214 valence electrons. The quantitative estimate of drug-likeness (QED) is 0.110. The van der Waals surface area contributed by atoms with Crippen LogP contribution in [0.1, 0.15) is 22.9 Å². The molecular weight excluding hydrogens is 582 g/mol. The molecule has 3 amide bonds. The first-order valence-corrected chi connectivity index (χ1v) is 14.3. The normalized spacial score (nSPS) is 19.6. The van der Waals surface area contributed by atoms with E-state index in [1.165, 1.54) is 22.8 Å². The van der Waals surface area contributed by atoms with Crippen LogP contribution in [0.3, 0.4) is 0 Å². The Bertz CT molecular complexity index is 1520. The van der Waals surface area contributed by atoms with E-state index in [1.807, 2.05) is 60.7 Å². The summed E-state index contributed by atoms with van der Waals surface area (Å²) >= 11 is 2.19. The van der Waals surface area contributed by atoms with Crippen LogP contribution in [0.5, 0.6) is 0 Å². The Labute approximate surface area is 247 Å². The van der Waals surface area contributed by atoms with E-state index in [-0.39, 0.29) is 22.1 Å². The second-order valence-electron chi connectivity index (χ2n) is 8.92. The summed E-state index contributed by atoms with van der Waals surface area (Å²) in [5, 5.41) is 11.3. The molecule has 2 aliphatic heterocycles. The van der Waals surface area contributed by atoms with Crippen molar-refractivity contribution < 1.29 is 33.5 Å². The van der Waals surface area contributed by atoms with Crippen molar-refractivity contribution in [2.45, 2.75) is 23.6 Å². The monoisotopic (exact) mass is 605 g/mol. The predicted octanol–water partition coefficient (Wildman–Crippen LogP) is 2.25. The maximum atomic E-state index is 13.6. The van der Waals surface area contributed by atoms with Gasteiger partial charge in [0.1, 0.15) is 30.5 Å². The molecular formula is C28H23N5O7S2. The van der Waals surface area contributed by atoms with Crippen molar-refractivity contribution in [3.05, 3.63) is 93.8 Å². The number of β-lactam (4-membered cyclic amide) rings is 1. The van der Waals surface area contributed by atoms with Crippen LogP contribution in [-0.4, -0.2) is 70.6 Å². The number of aldehydes is 1. The third-order valence-corrected chi connectivity index (χ3v) is 8.39. The van der Waals surface area contributed by atoms with Gasteiger partial charge in [-0.15, -0.1) is 23.1 Å². The maximum absolute atomic E-state index is 13.6. The van der Waals surface area contributed by atoms with Crippen molar-refractivity contribution in [3.63, 3.8) is 0 Å². The van der Waals surface area contributed by atoms with Gasteiger partial charge in [0.05, 0.1) is 0 Å². The highest BCUT2D eigenvalue weighted by molar-refractivity contribution is 8.03. The molecule has 1 saturated heterocycles. The van der Waals surface area contributed by atoms with Crippen LogP contribution in [0, 0.1) is 0 Å². The molecule has 5 rings (SSSR count). The van der Waals surface area contributed by atoms with E-state index in [2.05, 4.69) is 20.8 Å². The van der Waals surface area contributed by atoms with E-state index < -0.39 is 41.3 Å². The Hall–Kier alpha value is -4.82. The lowest BCUT2D eigenvalue weighted by Gasteiger charge is -2.51. The highest BCUT2D eigenvalue weighted by atomic mass is 32.2. The Morgan fingerprint density at radius 2 is 1.74 bits per heavy atom. The number of rotatable bonds is 11. The summed E-state index contributed by atoms with van der Waals surface area (Å²) in [7, 11) is 1.25. The van der Waals surface area contributed by atoms with Crippen molar-refractivity contribution >= 4 is 64.4 Å². The van der Waals surface area contributed by atoms with Crippen molar-refractivity contribution in [1.29, 1.82) is 0 Å². The summed E-state index contributed by atoms with van der Waals surface area (Å²) in [4.78, 5) is 72.9. The number of nitrogens with zero attached hydrogens (tertiary/aromatic N) is 3. The number of nitrogens with one attached hydrogen (secondary N) is 2. The molecule has 0 radical (unpaired) electrons. The number of hydrogen-bond donors (Lipinski definition) is 2. The fourth-order valence-electron chi connectivity index (χ4n) is 4.52. The van der Waals surface area contributed by atoms with Gasteiger partial charge in [-0.1, -0.05) is 65.8 Å². The van der Waals surface area contributed by atoms with Crippen molar-refractivity contribution in [3.8, 4) is 0 Å². The van der Waals surface area contributed by atoms with E-state index >= 15 is 0 Å². The van der Waals surface area contributed by atoms with Crippen molar-refractivity contribution in [2.75, 3.05) is 12.4 Å². The Kier molecular flexibility index (Phi) is 8.74. The zero-order chi connectivity index (χ0) is 29.6. The van der Waals surface area contributed by atoms with Crippen LogP contribution in [0.2, 0.25) is 0 Å². The molecule has 0 bridgehead atoms. The zero-order valence-corrected chi connectivity index (χ0v) is 23.5. The Morgan fingerprint density at radius 1 is 1.07 bits per heavy atom. The highest BCUT2D eigenvalue weighted by Gasteiger charge is 2.56. The van der Waals surface area contributed by atoms with Gasteiger partial charge in [-0.2, -0.15) is 0 Å². The van der Waals surface area contributed by atoms with Gasteiger partial charge in [-0.25, -0.2) is 9.78 Å². The number of esters is 1. The third-order valence-electron chi connectivity index (χ3n) is 6.43. The summed E-state index contributed by atoms with van der Waals surface area (Å²) in [5.74, 6) is -2.12. The number of amides is 3. The number of hydrogen-bond acceptors (Lipinski definition) is 11. The molecule has 2 aromatic carbocycles. The molecule has 12 nitrogen and oxygen atoms in total. The highest BCUT2D eigenvalue weighted by Crippen LogP contribution is 2.40. The number of benzene rings is 2. The average molecular weight is 606 g/mol. The minimum Gasteiger partial charge on any atom is -0.451 e. The Morgan fingerprint density at radius 3 is 2.33 bits per heavy atom. The first-order chi connectivity index (χ1) is 20.5. The number of carbonyl (C=O) groups excluding carboxylic acids is 5. The fourth-order valence-corrected chi connectivity index (χ4v) is 6.36. The average Bonchev–Trinajstić information content (AvgIpc) is 3.49. The van der Waals surface area contributed by atoms with Gasteiger partial charge in [-0.05, 0) is 16.5 Å². The van der Waals surface area contributed by atoms with Gasteiger partial charge in [-0.3, -0.25) is 19.2 Å². The van der Waals surface area contributed by atoms with E-state index in [0.29, 0.717) is 23.8 Å². The van der Waals surface area contributed by atoms with Crippen LogP contribution in [0.25, 0.3) is 0 Å². The number of aromatic nitrogens is 1. The smallest absolute Gasteiger partial charge is 0.334 e. The molecule has 3 heterocycles. The molecule has 2 N–H and O–H groups in total. The number of thioether (sulfide) groups is 1. The summed E-state index contributed by atoms with van der Waals surface area (Å²) in [6.07, 6.45) is 0.185. The molecule has 3 atom stereocenters. The van der Waals surface area contributed by atoms with E-state index in [0.717, 1.165) is 23.1 Å². The summed E-state index contributed by atoms with van der Waals surface area (Å²) in [6, 6.07) is 15.9. The number of oxime groups is 1. The minimum absolute atomic E-state index is 0.0681. The van der Waals surface area contributed by atoms with Crippen molar-refractivity contribution in [2.24, 2.45) is 5.16 Å². The largest absolute Gasteiger partial charge is 0.451 e. The maximum Gasteiger partial charge on any atom is 0.334 e. The van der Waals surface area contributed by atoms with Gasteiger partial charge < -0.3 is 25.1 Å². The molecule has 1 fully saturated rings. The summed E-state index contributed by atoms with van der Waals surface area (Å²) in [5.41, 5.74) is 1.41. The summed E-state index contributed by atoms with van der Waals surface area (Å²) in [6.45, 7) is 0. The molecule has 2 aliphatic rings. The standard InChI is InChI=1S/C28H23N5O7S2/c1-39-32-20(19-14-42-28(30-19)29-15-35)24(36)31-21-25(37)33-22(18(12-34)13-41-26(21)33)27(38)40-23(16-8-4-2-5-9-16)17-10-6-3-7-11-17/h2-15,21-23,26H,1H3,(H,31,36)(H,29,30,35)/b32-20-/t21?,22?,26-/m1/s1. The molecule has 0 spiro atoms. The van der Waals surface area contributed by atoms with Crippen LogP contribution in [0.4, 0.5) is 5.13 Å². The topological polar surface area (TPSA) is 156 Å². The number of thiazole rings is 1. The SMILES string of the molecule is CO/N=C(\C(=O)NC1C(=O)N2C(C(=O)OC(c3ccccc3)c3ccccc3)C(C=O)=CS[C@H]12)c1csc(NC=O)n1. The molecule has 0 aliphatic carbocycles. The molecule has 1 aromatic heterocycles. The molecule has 2 unspecified atom stereocenters.